The van der Waals surface area contributed by atoms with Gasteiger partial charge in [0, 0.05) is 12.6 Å². The molecule has 2 aliphatic rings. The number of hydrogen-bond acceptors (Lipinski definition) is 3. The first-order chi connectivity index (χ1) is 9.45. The molecule has 0 aromatic rings. The van der Waals surface area contributed by atoms with Crippen LogP contribution in [0, 0.1) is 11.3 Å². The number of carbonyl (C=O) groups is 1. The molecule has 0 saturated carbocycles. The molecule has 2 fully saturated rings. The molecular weight excluding hydrogens is 252 g/mol. The Morgan fingerprint density at radius 3 is 2.65 bits per heavy atom. The maximum absolute atomic E-state index is 11.6. The normalized spacial score (nSPS) is 32.9. The first-order valence-corrected chi connectivity index (χ1v) is 8.12. The van der Waals surface area contributed by atoms with E-state index < -0.39 is 11.4 Å². The molecule has 4 heteroatoms. The Morgan fingerprint density at radius 2 is 2.10 bits per heavy atom. The SMILES string of the molecule is CC(C)C1(C(=O)O)CCN(CCC2CCCCN2C)C1. The lowest BCUT2D eigenvalue weighted by atomic mass is 9.76. The number of carboxylic acid groups (broad SMARTS) is 1. The molecular formula is C16H30N2O2. The Kier molecular flexibility index (Phi) is 5.08. The number of piperidine rings is 1. The van der Waals surface area contributed by atoms with Crippen LogP contribution in [0.3, 0.4) is 0 Å². The van der Waals surface area contributed by atoms with Gasteiger partial charge in [-0.1, -0.05) is 20.3 Å². The summed E-state index contributed by atoms with van der Waals surface area (Å²) in [4.78, 5) is 16.5. The van der Waals surface area contributed by atoms with Crippen LogP contribution in [0.5, 0.6) is 0 Å². The van der Waals surface area contributed by atoms with Gasteiger partial charge < -0.3 is 14.9 Å². The number of nitrogens with zero attached hydrogens (tertiary/aromatic N) is 2. The fraction of sp³-hybridized carbons (Fsp3) is 0.938. The van der Waals surface area contributed by atoms with Crippen LogP contribution in [0.15, 0.2) is 0 Å². The molecule has 2 unspecified atom stereocenters. The first-order valence-electron chi connectivity index (χ1n) is 8.12. The van der Waals surface area contributed by atoms with Crippen LogP contribution in [0.1, 0.15) is 46.0 Å². The minimum atomic E-state index is -0.607. The second-order valence-electron chi connectivity index (χ2n) is 7.06. The molecule has 0 bridgehead atoms. The van der Waals surface area contributed by atoms with E-state index in [1.165, 1.54) is 32.2 Å². The van der Waals surface area contributed by atoms with E-state index in [1.54, 1.807) is 0 Å². The van der Waals surface area contributed by atoms with Crippen molar-refractivity contribution in [2.75, 3.05) is 33.2 Å². The standard InChI is InChI=1S/C16H30N2O2/c1-13(2)16(15(19)20)8-11-18(12-16)10-7-14-6-4-5-9-17(14)3/h13-14H,4-12H2,1-3H3,(H,19,20). The quantitative estimate of drug-likeness (QED) is 0.840. The van der Waals surface area contributed by atoms with Gasteiger partial charge in [-0.25, -0.2) is 0 Å². The minimum absolute atomic E-state index is 0.211. The smallest absolute Gasteiger partial charge is 0.311 e. The molecule has 2 heterocycles. The van der Waals surface area contributed by atoms with Crippen LogP contribution in [-0.2, 0) is 4.79 Å². The third kappa shape index (κ3) is 3.17. The molecule has 0 aliphatic carbocycles. The van der Waals surface area contributed by atoms with Crippen LogP contribution in [0.4, 0.5) is 0 Å². The van der Waals surface area contributed by atoms with E-state index in [-0.39, 0.29) is 5.92 Å². The van der Waals surface area contributed by atoms with E-state index in [4.69, 9.17) is 0 Å². The summed E-state index contributed by atoms with van der Waals surface area (Å²) < 4.78 is 0. The van der Waals surface area contributed by atoms with Crippen molar-refractivity contribution < 1.29 is 9.90 Å². The summed E-state index contributed by atoms with van der Waals surface area (Å²) in [5, 5.41) is 9.58. The lowest BCUT2D eigenvalue weighted by Gasteiger charge is -2.34. The fourth-order valence-corrected chi connectivity index (χ4v) is 3.84. The highest BCUT2D eigenvalue weighted by atomic mass is 16.4. The number of hydrogen-bond donors (Lipinski definition) is 1. The van der Waals surface area contributed by atoms with Gasteiger partial charge in [0.15, 0.2) is 0 Å². The molecule has 0 spiro atoms. The molecule has 20 heavy (non-hydrogen) atoms. The third-order valence-corrected chi connectivity index (χ3v) is 5.61. The van der Waals surface area contributed by atoms with E-state index in [9.17, 15) is 9.90 Å². The number of rotatable bonds is 5. The molecule has 2 saturated heterocycles. The summed E-state index contributed by atoms with van der Waals surface area (Å²) >= 11 is 0. The van der Waals surface area contributed by atoms with Crippen molar-refractivity contribution in [3.8, 4) is 0 Å². The van der Waals surface area contributed by atoms with Crippen molar-refractivity contribution in [2.45, 2.75) is 52.0 Å². The summed E-state index contributed by atoms with van der Waals surface area (Å²) in [7, 11) is 2.23. The molecule has 0 aromatic heterocycles. The Morgan fingerprint density at radius 1 is 1.35 bits per heavy atom. The average Bonchev–Trinajstić information content (AvgIpc) is 2.83. The lowest BCUT2D eigenvalue weighted by Crippen LogP contribution is -2.41. The van der Waals surface area contributed by atoms with Gasteiger partial charge in [0.25, 0.3) is 0 Å². The van der Waals surface area contributed by atoms with E-state index in [0.29, 0.717) is 6.04 Å². The van der Waals surface area contributed by atoms with Crippen LogP contribution in [0.2, 0.25) is 0 Å². The van der Waals surface area contributed by atoms with Crippen molar-refractivity contribution in [3.05, 3.63) is 0 Å². The number of likely N-dealkylation sites (tertiary alicyclic amines) is 2. The molecule has 0 aromatic carbocycles. The first kappa shape index (κ1) is 15.8. The summed E-state index contributed by atoms with van der Waals surface area (Å²) in [5.74, 6) is -0.396. The predicted octanol–water partition coefficient (Wildman–Crippen LogP) is 2.29. The Bertz CT molecular complexity index is 345. The van der Waals surface area contributed by atoms with Crippen molar-refractivity contribution in [1.29, 1.82) is 0 Å². The van der Waals surface area contributed by atoms with E-state index in [0.717, 1.165) is 26.1 Å². The van der Waals surface area contributed by atoms with Gasteiger partial charge in [0.2, 0.25) is 0 Å². The van der Waals surface area contributed by atoms with Gasteiger partial charge in [-0.3, -0.25) is 4.79 Å². The summed E-state index contributed by atoms with van der Waals surface area (Å²) in [6.07, 6.45) is 5.97. The molecule has 4 nitrogen and oxygen atoms in total. The minimum Gasteiger partial charge on any atom is -0.481 e. The Labute approximate surface area is 123 Å². The van der Waals surface area contributed by atoms with Crippen molar-refractivity contribution in [2.24, 2.45) is 11.3 Å². The maximum Gasteiger partial charge on any atom is 0.311 e. The van der Waals surface area contributed by atoms with Gasteiger partial charge in [0.05, 0.1) is 5.41 Å². The summed E-state index contributed by atoms with van der Waals surface area (Å²) in [6.45, 7) is 8.04. The van der Waals surface area contributed by atoms with Gasteiger partial charge in [-0.2, -0.15) is 0 Å². The van der Waals surface area contributed by atoms with Crippen LogP contribution >= 0.6 is 0 Å². The van der Waals surface area contributed by atoms with Crippen LogP contribution < -0.4 is 0 Å². The number of carboxylic acids is 1. The highest BCUT2D eigenvalue weighted by molar-refractivity contribution is 5.75. The van der Waals surface area contributed by atoms with Gasteiger partial charge in [0.1, 0.15) is 0 Å². The molecule has 1 N–H and O–H groups in total. The molecule has 0 radical (unpaired) electrons. The molecule has 116 valence electrons. The second-order valence-corrected chi connectivity index (χ2v) is 7.06. The van der Waals surface area contributed by atoms with E-state index in [2.05, 4.69) is 16.8 Å². The van der Waals surface area contributed by atoms with Crippen molar-refractivity contribution in [1.82, 2.24) is 9.80 Å². The zero-order valence-corrected chi connectivity index (χ0v) is 13.3. The molecule has 2 rings (SSSR count). The third-order valence-electron chi connectivity index (χ3n) is 5.61. The van der Waals surface area contributed by atoms with Crippen molar-refractivity contribution >= 4 is 5.97 Å². The fourth-order valence-electron chi connectivity index (χ4n) is 3.84. The molecule has 2 aliphatic heterocycles. The summed E-state index contributed by atoms with van der Waals surface area (Å²) in [5.41, 5.74) is -0.515. The average molecular weight is 282 g/mol. The largest absolute Gasteiger partial charge is 0.481 e. The highest BCUT2D eigenvalue weighted by Gasteiger charge is 2.47. The molecule has 0 amide bonds. The highest BCUT2D eigenvalue weighted by Crippen LogP contribution is 2.38. The summed E-state index contributed by atoms with van der Waals surface area (Å²) in [6, 6.07) is 0.697. The van der Waals surface area contributed by atoms with Crippen LogP contribution in [-0.4, -0.2) is 60.1 Å². The predicted molar refractivity (Wildman–Crippen MR) is 80.8 cm³/mol. The Hall–Kier alpha value is -0.610. The van der Waals surface area contributed by atoms with E-state index >= 15 is 0 Å². The lowest BCUT2D eigenvalue weighted by molar-refractivity contribution is -0.151. The second kappa shape index (κ2) is 6.44. The topological polar surface area (TPSA) is 43.8 Å². The number of aliphatic carboxylic acids is 1. The maximum atomic E-state index is 11.6. The van der Waals surface area contributed by atoms with E-state index in [1.807, 2.05) is 13.8 Å². The van der Waals surface area contributed by atoms with Crippen LogP contribution in [0.25, 0.3) is 0 Å². The van der Waals surface area contributed by atoms with Gasteiger partial charge >= 0.3 is 5.97 Å². The molecule has 2 atom stereocenters. The Balaban J connectivity index is 1.85. The van der Waals surface area contributed by atoms with Gasteiger partial charge in [-0.05, 0) is 58.3 Å². The zero-order chi connectivity index (χ0) is 14.8. The zero-order valence-electron chi connectivity index (χ0n) is 13.3. The van der Waals surface area contributed by atoms with Gasteiger partial charge in [-0.15, -0.1) is 0 Å². The van der Waals surface area contributed by atoms with Crippen molar-refractivity contribution in [3.63, 3.8) is 0 Å². The monoisotopic (exact) mass is 282 g/mol.